The Morgan fingerprint density at radius 2 is 1.85 bits per heavy atom. The number of hydrogen-bond donors (Lipinski definition) is 0. The maximum absolute atomic E-state index is 13.2. The van der Waals surface area contributed by atoms with Gasteiger partial charge in [-0.05, 0) is 24.0 Å². The molecule has 0 radical (unpaired) electrons. The molecule has 0 amide bonds. The minimum Gasteiger partial charge on any atom is -0.407 e. The Bertz CT molecular complexity index is 420. The standard InChI is InChI=1S/C15H21BF2O2/c1-2-3-4-5-6-12-10-19-16(20-11-12)13-7-8-14(17)15(18)9-13/h7-9,12H,2-6,10-11H2,1H3. The maximum atomic E-state index is 13.2. The lowest BCUT2D eigenvalue weighted by Gasteiger charge is -2.27. The molecule has 0 aromatic heterocycles. The molecule has 0 saturated carbocycles. The van der Waals surface area contributed by atoms with Crippen LogP contribution < -0.4 is 5.46 Å². The number of benzene rings is 1. The van der Waals surface area contributed by atoms with E-state index in [9.17, 15) is 8.78 Å². The first kappa shape index (κ1) is 15.5. The smallest absolute Gasteiger partial charge is 0.407 e. The Morgan fingerprint density at radius 3 is 2.50 bits per heavy atom. The van der Waals surface area contributed by atoms with E-state index in [-0.39, 0.29) is 0 Å². The monoisotopic (exact) mass is 282 g/mol. The second-order valence-corrected chi connectivity index (χ2v) is 5.39. The van der Waals surface area contributed by atoms with Crippen LogP contribution in [0.1, 0.15) is 39.0 Å². The van der Waals surface area contributed by atoms with Gasteiger partial charge in [-0.15, -0.1) is 0 Å². The third-order valence-corrected chi connectivity index (χ3v) is 3.65. The first-order valence-corrected chi connectivity index (χ1v) is 7.39. The third-order valence-electron chi connectivity index (χ3n) is 3.65. The molecular weight excluding hydrogens is 261 g/mol. The van der Waals surface area contributed by atoms with E-state index in [4.69, 9.17) is 9.31 Å². The van der Waals surface area contributed by atoms with Crippen molar-refractivity contribution in [3.63, 3.8) is 0 Å². The summed E-state index contributed by atoms with van der Waals surface area (Å²) in [6, 6.07) is 3.75. The van der Waals surface area contributed by atoms with Crippen LogP contribution in [0.5, 0.6) is 0 Å². The Hall–Kier alpha value is -0.935. The van der Waals surface area contributed by atoms with Crippen molar-refractivity contribution >= 4 is 12.6 Å². The molecule has 0 unspecified atom stereocenters. The van der Waals surface area contributed by atoms with Crippen molar-refractivity contribution in [2.75, 3.05) is 13.2 Å². The highest BCUT2D eigenvalue weighted by atomic mass is 19.2. The van der Waals surface area contributed by atoms with Crippen LogP contribution in [0.25, 0.3) is 0 Å². The average Bonchev–Trinajstić information content (AvgIpc) is 2.47. The van der Waals surface area contributed by atoms with Crippen LogP contribution in [0.4, 0.5) is 8.78 Å². The number of hydrogen-bond acceptors (Lipinski definition) is 2. The molecule has 2 nitrogen and oxygen atoms in total. The van der Waals surface area contributed by atoms with E-state index in [0.29, 0.717) is 24.6 Å². The lowest BCUT2D eigenvalue weighted by Crippen LogP contribution is -2.44. The lowest BCUT2D eigenvalue weighted by molar-refractivity contribution is 0.0810. The summed E-state index contributed by atoms with van der Waals surface area (Å²) < 4.78 is 37.3. The first-order chi connectivity index (χ1) is 9.70. The van der Waals surface area contributed by atoms with Crippen molar-refractivity contribution in [1.82, 2.24) is 0 Å². The van der Waals surface area contributed by atoms with Crippen LogP contribution in [0.2, 0.25) is 0 Å². The molecule has 1 aliphatic heterocycles. The Morgan fingerprint density at radius 1 is 1.10 bits per heavy atom. The van der Waals surface area contributed by atoms with Crippen molar-refractivity contribution in [3.8, 4) is 0 Å². The van der Waals surface area contributed by atoms with E-state index in [1.54, 1.807) is 0 Å². The van der Waals surface area contributed by atoms with E-state index in [0.717, 1.165) is 18.6 Å². The van der Waals surface area contributed by atoms with Crippen molar-refractivity contribution in [2.45, 2.75) is 39.0 Å². The Balaban J connectivity index is 1.77. The van der Waals surface area contributed by atoms with E-state index < -0.39 is 18.8 Å². The Labute approximate surface area is 119 Å². The molecule has 0 bridgehead atoms. The van der Waals surface area contributed by atoms with Gasteiger partial charge in [0.15, 0.2) is 11.6 Å². The molecule has 110 valence electrons. The molecular formula is C15H21BF2O2. The van der Waals surface area contributed by atoms with Gasteiger partial charge in [0.2, 0.25) is 0 Å². The van der Waals surface area contributed by atoms with Crippen molar-refractivity contribution in [2.24, 2.45) is 5.92 Å². The summed E-state index contributed by atoms with van der Waals surface area (Å²) in [6.07, 6.45) is 6.05. The highest BCUT2D eigenvalue weighted by molar-refractivity contribution is 6.61. The summed E-state index contributed by atoms with van der Waals surface area (Å²) in [5.74, 6) is -1.30. The van der Waals surface area contributed by atoms with Gasteiger partial charge < -0.3 is 9.31 Å². The zero-order valence-corrected chi connectivity index (χ0v) is 11.9. The van der Waals surface area contributed by atoms with E-state index >= 15 is 0 Å². The molecule has 20 heavy (non-hydrogen) atoms. The van der Waals surface area contributed by atoms with Crippen molar-refractivity contribution in [1.29, 1.82) is 0 Å². The van der Waals surface area contributed by atoms with E-state index in [1.165, 1.54) is 31.7 Å². The summed E-state index contributed by atoms with van der Waals surface area (Å²) in [7, 11) is -0.572. The van der Waals surface area contributed by atoms with Crippen LogP contribution >= 0.6 is 0 Å². The van der Waals surface area contributed by atoms with Gasteiger partial charge in [0.1, 0.15) is 0 Å². The summed E-state index contributed by atoms with van der Waals surface area (Å²) in [4.78, 5) is 0. The molecule has 1 heterocycles. The van der Waals surface area contributed by atoms with Gasteiger partial charge in [0.25, 0.3) is 0 Å². The molecule has 1 aromatic carbocycles. The maximum Gasteiger partial charge on any atom is 0.493 e. The lowest BCUT2D eigenvalue weighted by atomic mass is 9.77. The number of halogens is 2. The summed E-state index contributed by atoms with van der Waals surface area (Å²) in [5, 5.41) is 0. The van der Waals surface area contributed by atoms with Gasteiger partial charge in [-0.2, -0.15) is 0 Å². The SMILES string of the molecule is CCCCCCC1COB(c2ccc(F)c(F)c2)OC1. The fourth-order valence-electron chi connectivity index (χ4n) is 2.42. The van der Waals surface area contributed by atoms with Crippen LogP contribution in [-0.4, -0.2) is 20.3 Å². The first-order valence-electron chi connectivity index (χ1n) is 7.39. The molecule has 5 heteroatoms. The Kier molecular flexibility index (Phi) is 5.98. The largest absolute Gasteiger partial charge is 0.493 e. The van der Waals surface area contributed by atoms with Crippen LogP contribution in [0.3, 0.4) is 0 Å². The second kappa shape index (κ2) is 7.74. The van der Waals surface area contributed by atoms with Gasteiger partial charge in [0.05, 0.1) is 0 Å². The number of rotatable bonds is 6. The molecule has 0 aliphatic carbocycles. The van der Waals surface area contributed by atoms with Gasteiger partial charge in [-0.1, -0.05) is 38.7 Å². The summed E-state index contributed by atoms with van der Waals surface area (Å²) in [6.45, 7) is 3.44. The van der Waals surface area contributed by atoms with Crippen LogP contribution in [0, 0.1) is 17.6 Å². The fourth-order valence-corrected chi connectivity index (χ4v) is 2.42. The topological polar surface area (TPSA) is 18.5 Å². The second-order valence-electron chi connectivity index (χ2n) is 5.39. The molecule has 0 N–H and O–H groups in total. The summed E-state index contributed by atoms with van der Waals surface area (Å²) >= 11 is 0. The van der Waals surface area contributed by atoms with Crippen LogP contribution in [-0.2, 0) is 9.31 Å². The molecule has 2 rings (SSSR count). The van der Waals surface area contributed by atoms with Gasteiger partial charge in [-0.25, -0.2) is 8.78 Å². The molecule has 1 fully saturated rings. The summed E-state index contributed by atoms with van der Waals surface area (Å²) in [5.41, 5.74) is 0.535. The predicted molar refractivity (Wildman–Crippen MR) is 75.9 cm³/mol. The molecule has 1 saturated heterocycles. The molecule has 0 spiro atoms. The third kappa shape index (κ3) is 4.28. The quantitative estimate of drug-likeness (QED) is 0.589. The zero-order valence-electron chi connectivity index (χ0n) is 11.9. The van der Waals surface area contributed by atoms with Gasteiger partial charge in [0, 0.05) is 19.1 Å². The molecule has 1 aliphatic rings. The number of unbranched alkanes of at least 4 members (excludes halogenated alkanes) is 3. The molecule has 1 aromatic rings. The molecule has 0 atom stereocenters. The van der Waals surface area contributed by atoms with Crippen LogP contribution in [0.15, 0.2) is 18.2 Å². The fraction of sp³-hybridized carbons (Fsp3) is 0.600. The van der Waals surface area contributed by atoms with Crippen molar-refractivity contribution < 1.29 is 18.1 Å². The van der Waals surface area contributed by atoms with E-state index in [2.05, 4.69) is 6.92 Å². The average molecular weight is 282 g/mol. The van der Waals surface area contributed by atoms with Gasteiger partial charge in [-0.3, -0.25) is 0 Å². The normalized spacial score (nSPS) is 16.6. The van der Waals surface area contributed by atoms with Crippen molar-refractivity contribution in [3.05, 3.63) is 29.8 Å². The highest BCUT2D eigenvalue weighted by Crippen LogP contribution is 2.17. The van der Waals surface area contributed by atoms with E-state index in [1.807, 2.05) is 0 Å². The zero-order chi connectivity index (χ0) is 14.4. The minimum absolute atomic E-state index is 0.411. The highest BCUT2D eigenvalue weighted by Gasteiger charge is 2.29. The van der Waals surface area contributed by atoms with Gasteiger partial charge >= 0.3 is 7.12 Å². The predicted octanol–water partition coefficient (Wildman–Crippen LogP) is 3.29. The minimum atomic E-state index is -0.864.